The van der Waals surface area contributed by atoms with Crippen molar-refractivity contribution < 1.29 is 14.7 Å². The predicted molar refractivity (Wildman–Crippen MR) is 81.6 cm³/mol. The molecule has 7 nitrogen and oxygen atoms in total. The predicted octanol–water partition coefficient (Wildman–Crippen LogP) is 1.50. The van der Waals surface area contributed by atoms with Gasteiger partial charge in [0.15, 0.2) is 0 Å². The molecule has 2 heterocycles. The lowest BCUT2D eigenvalue weighted by atomic mass is 10.2. The summed E-state index contributed by atoms with van der Waals surface area (Å²) < 4.78 is 1.91. The van der Waals surface area contributed by atoms with E-state index in [0.29, 0.717) is 6.54 Å². The number of carbonyl (C=O) groups is 2. The van der Waals surface area contributed by atoms with Crippen molar-refractivity contribution in [1.82, 2.24) is 19.6 Å². The Balaban J connectivity index is 1.93. The maximum absolute atomic E-state index is 11.9. The Morgan fingerprint density at radius 3 is 2.82 bits per heavy atom. The molecule has 2 rings (SSSR count). The molecule has 22 heavy (non-hydrogen) atoms. The number of amides is 2. The number of aryl methyl sites for hydroxylation is 1. The molecular weight excluding hydrogens is 284 g/mol. The summed E-state index contributed by atoms with van der Waals surface area (Å²) in [7, 11) is 1.57. The Morgan fingerprint density at radius 2 is 2.14 bits per heavy atom. The van der Waals surface area contributed by atoms with Gasteiger partial charge in [-0.15, -0.1) is 0 Å². The number of nitrogens with zero attached hydrogens (tertiary/aromatic N) is 3. The van der Waals surface area contributed by atoms with Gasteiger partial charge in [0, 0.05) is 26.0 Å². The number of carboxylic acid groups (broad SMARTS) is 1. The summed E-state index contributed by atoms with van der Waals surface area (Å²) >= 11 is 0. The minimum Gasteiger partial charge on any atom is -0.481 e. The molecule has 0 spiro atoms. The Labute approximate surface area is 128 Å². The fourth-order valence-corrected chi connectivity index (χ4v) is 2.11. The minimum absolute atomic E-state index is 0.158. The van der Waals surface area contributed by atoms with Crippen molar-refractivity contribution in [1.29, 1.82) is 0 Å². The smallest absolute Gasteiger partial charge is 0.317 e. The van der Waals surface area contributed by atoms with Gasteiger partial charge in [0.25, 0.3) is 0 Å². The maximum atomic E-state index is 11.9. The van der Waals surface area contributed by atoms with E-state index in [-0.39, 0.29) is 12.6 Å². The third-order valence-corrected chi connectivity index (χ3v) is 3.39. The molecule has 2 aromatic rings. The van der Waals surface area contributed by atoms with E-state index in [4.69, 9.17) is 5.11 Å². The van der Waals surface area contributed by atoms with Gasteiger partial charge in [-0.05, 0) is 18.6 Å². The van der Waals surface area contributed by atoms with Gasteiger partial charge < -0.3 is 19.7 Å². The van der Waals surface area contributed by atoms with Crippen LogP contribution in [0.3, 0.4) is 0 Å². The van der Waals surface area contributed by atoms with Crippen LogP contribution in [0.4, 0.5) is 4.79 Å². The standard InChI is InChI=1S/C15H20N4O3/c1-10-4-5-13-17-12(9-19(13)7-10)6-16-15(22)18(3)8-11(2)14(20)21/h4-5,7,9,11H,6,8H2,1-3H3,(H,16,22)(H,20,21). The zero-order valence-corrected chi connectivity index (χ0v) is 12.9. The van der Waals surface area contributed by atoms with Crippen LogP contribution < -0.4 is 5.32 Å². The van der Waals surface area contributed by atoms with Gasteiger partial charge in [-0.1, -0.05) is 13.0 Å². The van der Waals surface area contributed by atoms with Gasteiger partial charge in [0.05, 0.1) is 18.2 Å². The maximum Gasteiger partial charge on any atom is 0.317 e. The van der Waals surface area contributed by atoms with E-state index in [2.05, 4.69) is 10.3 Å². The summed E-state index contributed by atoms with van der Waals surface area (Å²) in [6.07, 6.45) is 3.83. The normalized spacial score (nSPS) is 12.1. The highest BCUT2D eigenvalue weighted by atomic mass is 16.4. The second kappa shape index (κ2) is 6.46. The number of rotatable bonds is 5. The van der Waals surface area contributed by atoms with E-state index in [9.17, 15) is 9.59 Å². The highest BCUT2D eigenvalue weighted by Crippen LogP contribution is 2.07. The largest absolute Gasteiger partial charge is 0.481 e. The second-order valence-electron chi connectivity index (χ2n) is 5.48. The summed E-state index contributed by atoms with van der Waals surface area (Å²) in [6.45, 7) is 4.02. The summed E-state index contributed by atoms with van der Waals surface area (Å²) in [5.74, 6) is -1.52. The van der Waals surface area contributed by atoms with Crippen LogP contribution in [0, 0.1) is 12.8 Å². The first-order valence-electron chi connectivity index (χ1n) is 7.03. The van der Waals surface area contributed by atoms with E-state index in [1.807, 2.05) is 35.9 Å². The molecule has 0 aliphatic rings. The minimum atomic E-state index is -0.921. The van der Waals surface area contributed by atoms with Gasteiger partial charge in [-0.25, -0.2) is 9.78 Å². The summed E-state index contributed by atoms with van der Waals surface area (Å²) in [5, 5.41) is 11.6. The number of pyridine rings is 1. The van der Waals surface area contributed by atoms with Crippen LogP contribution in [-0.4, -0.2) is 45.0 Å². The molecule has 0 saturated carbocycles. The Bertz CT molecular complexity index is 695. The van der Waals surface area contributed by atoms with Crippen molar-refractivity contribution in [2.45, 2.75) is 20.4 Å². The highest BCUT2D eigenvalue weighted by Gasteiger charge is 2.17. The van der Waals surface area contributed by atoms with Gasteiger partial charge in [0.1, 0.15) is 5.65 Å². The average Bonchev–Trinajstić information content (AvgIpc) is 2.86. The molecule has 1 atom stereocenters. The van der Waals surface area contributed by atoms with Crippen molar-refractivity contribution in [2.75, 3.05) is 13.6 Å². The zero-order valence-electron chi connectivity index (χ0n) is 12.9. The lowest BCUT2D eigenvalue weighted by Gasteiger charge is -2.19. The molecule has 2 amide bonds. The third-order valence-electron chi connectivity index (χ3n) is 3.39. The van der Waals surface area contributed by atoms with Gasteiger partial charge in [0.2, 0.25) is 0 Å². The summed E-state index contributed by atoms with van der Waals surface area (Å²) in [4.78, 5) is 28.5. The number of aliphatic carboxylic acids is 1. The fraction of sp³-hybridized carbons (Fsp3) is 0.400. The van der Waals surface area contributed by atoms with Crippen LogP contribution in [0.25, 0.3) is 5.65 Å². The highest BCUT2D eigenvalue weighted by molar-refractivity contribution is 5.75. The first-order chi connectivity index (χ1) is 10.4. The lowest BCUT2D eigenvalue weighted by Crippen LogP contribution is -2.40. The number of fused-ring (bicyclic) bond motifs is 1. The molecule has 2 N–H and O–H groups in total. The molecule has 0 bridgehead atoms. The zero-order chi connectivity index (χ0) is 16.3. The fourth-order valence-electron chi connectivity index (χ4n) is 2.11. The molecule has 0 radical (unpaired) electrons. The van der Waals surface area contributed by atoms with Crippen LogP contribution in [0.5, 0.6) is 0 Å². The number of carbonyl (C=O) groups excluding carboxylic acids is 1. The van der Waals surface area contributed by atoms with Crippen molar-refractivity contribution in [2.24, 2.45) is 5.92 Å². The van der Waals surface area contributed by atoms with Gasteiger partial charge in [-0.3, -0.25) is 4.79 Å². The van der Waals surface area contributed by atoms with Crippen LogP contribution in [0.15, 0.2) is 24.5 Å². The Hall–Kier alpha value is -2.57. The van der Waals surface area contributed by atoms with Gasteiger partial charge >= 0.3 is 12.0 Å². The van der Waals surface area contributed by atoms with Crippen LogP contribution >= 0.6 is 0 Å². The van der Waals surface area contributed by atoms with Gasteiger partial charge in [-0.2, -0.15) is 0 Å². The Morgan fingerprint density at radius 1 is 1.41 bits per heavy atom. The van der Waals surface area contributed by atoms with E-state index in [1.54, 1.807) is 14.0 Å². The monoisotopic (exact) mass is 304 g/mol. The number of aromatic nitrogens is 2. The number of nitrogens with one attached hydrogen (secondary N) is 1. The van der Waals surface area contributed by atoms with E-state index in [1.165, 1.54) is 4.90 Å². The first kappa shape index (κ1) is 15.8. The molecule has 0 aliphatic carbocycles. The Kier molecular flexibility index (Phi) is 4.65. The molecule has 0 aliphatic heterocycles. The van der Waals surface area contributed by atoms with E-state index in [0.717, 1.165) is 16.9 Å². The molecule has 2 aromatic heterocycles. The number of hydrogen-bond donors (Lipinski definition) is 2. The molecule has 0 fully saturated rings. The first-order valence-corrected chi connectivity index (χ1v) is 7.03. The molecule has 0 saturated heterocycles. The number of carboxylic acids is 1. The molecule has 0 aromatic carbocycles. The van der Waals surface area contributed by atoms with Crippen LogP contribution in [-0.2, 0) is 11.3 Å². The SMILES string of the molecule is Cc1ccc2nc(CNC(=O)N(C)CC(C)C(=O)O)cn2c1. The van der Waals surface area contributed by atoms with E-state index >= 15 is 0 Å². The third kappa shape index (κ3) is 3.75. The topological polar surface area (TPSA) is 86.9 Å². The molecule has 7 heteroatoms. The van der Waals surface area contributed by atoms with E-state index < -0.39 is 11.9 Å². The van der Waals surface area contributed by atoms with Crippen LogP contribution in [0.1, 0.15) is 18.2 Å². The number of hydrogen-bond acceptors (Lipinski definition) is 3. The van der Waals surface area contributed by atoms with Crippen molar-refractivity contribution in [3.8, 4) is 0 Å². The number of imidazole rings is 1. The number of urea groups is 1. The second-order valence-corrected chi connectivity index (χ2v) is 5.48. The van der Waals surface area contributed by atoms with Crippen LogP contribution in [0.2, 0.25) is 0 Å². The lowest BCUT2D eigenvalue weighted by molar-refractivity contribution is -0.141. The van der Waals surface area contributed by atoms with Crippen molar-refractivity contribution in [3.05, 3.63) is 35.8 Å². The molecule has 1 unspecified atom stereocenters. The quantitative estimate of drug-likeness (QED) is 0.876. The van der Waals surface area contributed by atoms with Crippen molar-refractivity contribution in [3.63, 3.8) is 0 Å². The average molecular weight is 304 g/mol. The molecule has 118 valence electrons. The van der Waals surface area contributed by atoms with Crippen molar-refractivity contribution >= 4 is 17.6 Å². The molecular formula is C15H20N4O3. The summed E-state index contributed by atoms with van der Waals surface area (Å²) in [6, 6.07) is 3.58. The summed E-state index contributed by atoms with van der Waals surface area (Å²) in [5.41, 5.74) is 2.70.